The highest BCUT2D eigenvalue weighted by Crippen LogP contribution is 2.29. The molecule has 5 heteroatoms. The zero-order valence-corrected chi connectivity index (χ0v) is 15.3. The van der Waals surface area contributed by atoms with Crippen molar-refractivity contribution < 1.29 is 4.39 Å². The molecule has 2 aliphatic heterocycles. The van der Waals surface area contributed by atoms with Crippen LogP contribution in [0.2, 0.25) is 0 Å². The molecule has 0 amide bonds. The minimum Gasteiger partial charge on any atom is -0.297 e. The molecule has 4 nitrogen and oxygen atoms in total. The molecule has 2 aliphatic rings. The van der Waals surface area contributed by atoms with Crippen LogP contribution in [0.4, 0.5) is 4.39 Å². The number of aromatic nitrogens is 2. The third-order valence-corrected chi connectivity index (χ3v) is 5.53. The quantitative estimate of drug-likeness (QED) is 0.769. The number of aryl methyl sites for hydroxylation is 1. The second-order valence-corrected chi connectivity index (χ2v) is 7.47. The molecule has 26 heavy (non-hydrogen) atoms. The van der Waals surface area contributed by atoms with Crippen molar-refractivity contribution in [3.05, 3.63) is 65.8 Å². The highest BCUT2D eigenvalue weighted by atomic mass is 19.1. The van der Waals surface area contributed by atoms with Crippen molar-refractivity contribution in [1.29, 1.82) is 0 Å². The highest BCUT2D eigenvalue weighted by molar-refractivity contribution is 5.23. The van der Waals surface area contributed by atoms with Gasteiger partial charge in [0.05, 0.1) is 11.4 Å². The van der Waals surface area contributed by atoms with Crippen molar-refractivity contribution in [3.63, 3.8) is 0 Å². The van der Waals surface area contributed by atoms with E-state index in [1.54, 1.807) is 12.1 Å². The molecule has 4 rings (SSSR count). The second-order valence-electron chi connectivity index (χ2n) is 7.47. The van der Waals surface area contributed by atoms with Gasteiger partial charge in [-0.25, -0.2) is 4.39 Å². The Balaban J connectivity index is 1.41. The van der Waals surface area contributed by atoms with Crippen LogP contribution in [0.5, 0.6) is 0 Å². The number of nitrogens with zero attached hydrogens (tertiary/aromatic N) is 4. The van der Waals surface area contributed by atoms with Crippen LogP contribution in [0, 0.1) is 5.82 Å². The summed E-state index contributed by atoms with van der Waals surface area (Å²) in [4.78, 5) is 4.82. The van der Waals surface area contributed by atoms with Gasteiger partial charge >= 0.3 is 0 Å². The molecule has 1 saturated heterocycles. The van der Waals surface area contributed by atoms with Gasteiger partial charge in [0.15, 0.2) is 0 Å². The summed E-state index contributed by atoms with van der Waals surface area (Å²) in [5.74, 6) is 0.218. The fourth-order valence-electron chi connectivity index (χ4n) is 4.27. The van der Waals surface area contributed by atoms with Gasteiger partial charge in [0.25, 0.3) is 0 Å². The number of benzene rings is 1. The van der Waals surface area contributed by atoms with Gasteiger partial charge in [-0.15, -0.1) is 6.58 Å². The molecule has 0 radical (unpaired) electrons. The van der Waals surface area contributed by atoms with Gasteiger partial charge < -0.3 is 0 Å². The minimum absolute atomic E-state index is 0.0737. The Kier molecular flexibility index (Phi) is 5.18. The summed E-state index contributed by atoms with van der Waals surface area (Å²) in [6.45, 7) is 10.6. The Hall–Kier alpha value is -1.98. The molecule has 1 aromatic carbocycles. The zero-order chi connectivity index (χ0) is 17.9. The molecular formula is C21H27FN4. The van der Waals surface area contributed by atoms with Gasteiger partial charge in [-0.1, -0.05) is 24.3 Å². The predicted octanol–water partition coefficient (Wildman–Crippen LogP) is 3.40. The second kappa shape index (κ2) is 7.72. The monoisotopic (exact) mass is 354 g/mol. The zero-order valence-electron chi connectivity index (χ0n) is 15.3. The summed E-state index contributed by atoms with van der Waals surface area (Å²) in [6, 6.07) is 9.44. The van der Waals surface area contributed by atoms with Crippen molar-refractivity contribution in [1.82, 2.24) is 19.6 Å². The summed E-state index contributed by atoms with van der Waals surface area (Å²) in [7, 11) is 0. The van der Waals surface area contributed by atoms with Crippen LogP contribution in [-0.2, 0) is 19.6 Å². The van der Waals surface area contributed by atoms with Crippen LogP contribution >= 0.6 is 0 Å². The van der Waals surface area contributed by atoms with Crippen LogP contribution in [0.15, 0.2) is 43.0 Å². The fourth-order valence-corrected chi connectivity index (χ4v) is 4.27. The summed E-state index contributed by atoms with van der Waals surface area (Å²) in [5, 5.41) is 4.83. The van der Waals surface area contributed by atoms with E-state index in [0.717, 1.165) is 69.9 Å². The van der Waals surface area contributed by atoms with Crippen molar-refractivity contribution in [2.24, 2.45) is 0 Å². The van der Waals surface area contributed by atoms with E-state index in [9.17, 15) is 4.39 Å². The smallest absolute Gasteiger partial charge is 0.126 e. The van der Waals surface area contributed by atoms with Gasteiger partial charge in [-0.2, -0.15) is 5.10 Å². The molecule has 2 aromatic rings. The SMILES string of the molecule is C=CCN1CCCn2nc(CN3CCC(c4ccccc4F)C3)cc2C1. The van der Waals surface area contributed by atoms with Crippen LogP contribution in [-0.4, -0.2) is 45.8 Å². The molecule has 1 fully saturated rings. The molecule has 1 atom stereocenters. The molecule has 1 aromatic heterocycles. The van der Waals surface area contributed by atoms with E-state index in [1.165, 1.54) is 5.69 Å². The molecule has 0 aliphatic carbocycles. The molecule has 3 heterocycles. The van der Waals surface area contributed by atoms with Gasteiger partial charge in [0.1, 0.15) is 5.82 Å². The van der Waals surface area contributed by atoms with E-state index in [1.807, 2.05) is 18.2 Å². The molecule has 0 spiro atoms. The first kappa shape index (κ1) is 17.4. The molecule has 1 unspecified atom stereocenters. The van der Waals surface area contributed by atoms with Crippen molar-refractivity contribution in [2.75, 3.05) is 26.2 Å². The van der Waals surface area contributed by atoms with Gasteiger partial charge in [0.2, 0.25) is 0 Å². The maximum atomic E-state index is 14.0. The van der Waals surface area contributed by atoms with E-state index in [4.69, 9.17) is 5.10 Å². The molecule has 0 saturated carbocycles. The third kappa shape index (κ3) is 3.74. The first-order valence-corrected chi connectivity index (χ1v) is 9.58. The fraction of sp³-hybridized carbons (Fsp3) is 0.476. The van der Waals surface area contributed by atoms with Crippen molar-refractivity contribution in [2.45, 2.75) is 38.4 Å². The number of hydrogen-bond donors (Lipinski definition) is 0. The predicted molar refractivity (Wildman–Crippen MR) is 101 cm³/mol. The number of likely N-dealkylation sites (tertiary alicyclic amines) is 1. The van der Waals surface area contributed by atoms with Gasteiger partial charge in [-0.3, -0.25) is 14.5 Å². The van der Waals surface area contributed by atoms with E-state index in [0.29, 0.717) is 5.92 Å². The summed E-state index contributed by atoms with van der Waals surface area (Å²) in [5.41, 5.74) is 3.29. The van der Waals surface area contributed by atoms with E-state index >= 15 is 0 Å². The number of rotatable bonds is 5. The number of fused-ring (bicyclic) bond motifs is 1. The van der Waals surface area contributed by atoms with Gasteiger partial charge in [0, 0.05) is 45.2 Å². The topological polar surface area (TPSA) is 24.3 Å². The maximum absolute atomic E-state index is 14.0. The lowest BCUT2D eigenvalue weighted by molar-refractivity contribution is 0.298. The Morgan fingerprint density at radius 3 is 2.92 bits per heavy atom. The molecule has 0 bridgehead atoms. The lowest BCUT2D eigenvalue weighted by Gasteiger charge is -2.17. The van der Waals surface area contributed by atoms with Crippen LogP contribution in [0.25, 0.3) is 0 Å². The molecule has 138 valence electrons. The first-order valence-electron chi connectivity index (χ1n) is 9.58. The summed E-state index contributed by atoms with van der Waals surface area (Å²) < 4.78 is 16.2. The Labute approximate surface area is 154 Å². The highest BCUT2D eigenvalue weighted by Gasteiger charge is 2.26. The van der Waals surface area contributed by atoms with Crippen molar-refractivity contribution in [3.8, 4) is 0 Å². The third-order valence-electron chi connectivity index (χ3n) is 5.53. The Bertz CT molecular complexity index is 769. The Morgan fingerprint density at radius 2 is 2.08 bits per heavy atom. The van der Waals surface area contributed by atoms with E-state index in [-0.39, 0.29) is 5.82 Å². The first-order chi connectivity index (χ1) is 12.7. The van der Waals surface area contributed by atoms with Gasteiger partial charge in [-0.05, 0) is 37.1 Å². The average molecular weight is 354 g/mol. The van der Waals surface area contributed by atoms with E-state index < -0.39 is 0 Å². The van der Waals surface area contributed by atoms with Crippen LogP contribution < -0.4 is 0 Å². The largest absolute Gasteiger partial charge is 0.297 e. The van der Waals surface area contributed by atoms with E-state index in [2.05, 4.69) is 27.1 Å². The summed E-state index contributed by atoms with van der Waals surface area (Å²) >= 11 is 0. The number of hydrogen-bond acceptors (Lipinski definition) is 3. The molecule has 0 N–H and O–H groups in total. The van der Waals surface area contributed by atoms with Crippen molar-refractivity contribution >= 4 is 0 Å². The number of halogens is 1. The standard InChI is InChI=1S/C21H27FN4/c1-2-9-24-10-5-11-26-19(16-24)13-18(23-26)15-25-12-8-17(14-25)20-6-3-4-7-21(20)22/h2-4,6-7,13,17H,1,5,8-12,14-16H2. The summed E-state index contributed by atoms with van der Waals surface area (Å²) in [6.07, 6.45) is 4.11. The maximum Gasteiger partial charge on any atom is 0.126 e. The normalized spacial score (nSPS) is 21.5. The Morgan fingerprint density at radius 1 is 1.19 bits per heavy atom. The average Bonchev–Trinajstić information content (AvgIpc) is 3.19. The molecular weight excluding hydrogens is 327 g/mol. The lowest BCUT2D eigenvalue weighted by Crippen LogP contribution is -2.23. The van der Waals surface area contributed by atoms with Crippen LogP contribution in [0.1, 0.15) is 35.7 Å². The lowest BCUT2D eigenvalue weighted by atomic mass is 9.98. The van der Waals surface area contributed by atoms with Crippen LogP contribution in [0.3, 0.4) is 0 Å². The minimum atomic E-state index is -0.0737.